The van der Waals surface area contributed by atoms with Gasteiger partial charge < -0.3 is 9.47 Å². The summed E-state index contributed by atoms with van der Waals surface area (Å²) < 4.78 is 37.4. The van der Waals surface area contributed by atoms with E-state index in [-0.39, 0.29) is 12.6 Å². The van der Waals surface area contributed by atoms with Crippen molar-refractivity contribution in [2.45, 2.75) is 26.4 Å². The van der Waals surface area contributed by atoms with Gasteiger partial charge in [-0.05, 0) is 36.6 Å². The fourth-order valence-electron chi connectivity index (χ4n) is 2.75. The van der Waals surface area contributed by atoms with E-state index in [4.69, 9.17) is 9.47 Å². The molecule has 1 aromatic carbocycles. The maximum absolute atomic E-state index is 13.4. The molecular weight excluding hydrogens is 322 g/mol. The third kappa shape index (κ3) is 3.43. The van der Waals surface area contributed by atoms with Crippen LogP contribution in [-0.2, 0) is 28.9 Å². The zero-order chi connectivity index (χ0) is 16.4. The molecule has 0 bridgehead atoms. The molecule has 6 heteroatoms. The Labute approximate surface area is 136 Å². The van der Waals surface area contributed by atoms with Crippen molar-refractivity contribution in [3.63, 3.8) is 0 Å². The minimum atomic E-state index is -0.623. The molecule has 1 aliphatic rings. The van der Waals surface area contributed by atoms with E-state index in [1.807, 2.05) is 0 Å². The molecule has 2 aromatic rings. The van der Waals surface area contributed by atoms with Gasteiger partial charge in [-0.15, -0.1) is 11.3 Å². The van der Waals surface area contributed by atoms with Crippen LogP contribution in [0.3, 0.4) is 0 Å². The Hall–Kier alpha value is -1.79. The van der Waals surface area contributed by atoms with Crippen LogP contribution in [0.5, 0.6) is 0 Å². The first-order chi connectivity index (χ1) is 11.1. The summed E-state index contributed by atoms with van der Waals surface area (Å²) in [5.41, 5.74) is 1.99. The van der Waals surface area contributed by atoms with Crippen molar-refractivity contribution in [1.82, 2.24) is 0 Å². The molecule has 0 spiro atoms. The van der Waals surface area contributed by atoms with E-state index in [2.05, 4.69) is 0 Å². The lowest BCUT2D eigenvalue weighted by Gasteiger charge is -2.13. The topological polar surface area (TPSA) is 35.5 Å². The highest BCUT2D eigenvalue weighted by molar-refractivity contribution is 7.12. The molecule has 0 radical (unpaired) electrons. The van der Waals surface area contributed by atoms with Gasteiger partial charge in [0.25, 0.3) is 0 Å². The summed E-state index contributed by atoms with van der Waals surface area (Å²) in [7, 11) is 0. The highest BCUT2D eigenvalue weighted by Gasteiger charge is 2.26. The Bertz CT molecular complexity index is 719. The first-order valence-electron chi connectivity index (χ1n) is 7.41. The maximum Gasteiger partial charge on any atom is 0.339 e. The largest absolute Gasteiger partial charge is 0.462 e. The number of fused-ring (bicyclic) bond motifs is 1. The van der Waals surface area contributed by atoms with Crippen LogP contribution in [0.2, 0.25) is 0 Å². The minimum Gasteiger partial charge on any atom is -0.462 e. The van der Waals surface area contributed by atoms with E-state index in [0.29, 0.717) is 37.2 Å². The van der Waals surface area contributed by atoms with Gasteiger partial charge in [-0.1, -0.05) is 0 Å². The van der Waals surface area contributed by atoms with Crippen LogP contribution in [0.1, 0.15) is 38.2 Å². The van der Waals surface area contributed by atoms with Gasteiger partial charge in [0, 0.05) is 22.2 Å². The Kier molecular flexibility index (Phi) is 4.73. The van der Waals surface area contributed by atoms with Crippen molar-refractivity contribution >= 4 is 17.3 Å². The van der Waals surface area contributed by atoms with Crippen molar-refractivity contribution in [2.75, 3.05) is 13.2 Å². The van der Waals surface area contributed by atoms with E-state index in [0.717, 1.165) is 21.4 Å². The number of carbonyl (C=O) groups excluding carboxylic acids is 1. The molecule has 0 amide bonds. The summed E-state index contributed by atoms with van der Waals surface area (Å²) in [4.78, 5) is 14.1. The van der Waals surface area contributed by atoms with Crippen LogP contribution >= 0.6 is 11.3 Å². The Morgan fingerprint density at radius 2 is 2.04 bits per heavy atom. The SMILES string of the molecule is CCOC(=O)c1c(Cc2cc(F)cc(F)c2)sc2c1CCOC2. The second-order valence-electron chi connectivity index (χ2n) is 5.28. The first kappa shape index (κ1) is 16.1. The molecular formula is C17H16F2O3S. The van der Waals surface area contributed by atoms with Crippen molar-refractivity contribution in [2.24, 2.45) is 0 Å². The predicted molar refractivity (Wildman–Crippen MR) is 82.8 cm³/mol. The smallest absolute Gasteiger partial charge is 0.339 e. The van der Waals surface area contributed by atoms with Crippen LogP contribution in [0.4, 0.5) is 8.78 Å². The van der Waals surface area contributed by atoms with E-state index < -0.39 is 11.6 Å². The highest BCUT2D eigenvalue weighted by atomic mass is 32.1. The fourth-order valence-corrected chi connectivity index (χ4v) is 4.07. The van der Waals surface area contributed by atoms with Gasteiger partial charge in [-0.25, -0.2) is 13.6 Å². The van der Waals surface area contributed by atoms with Gasteiger partial charge in [0.15, 0.2) is 0 Å². The van der Waals surface area contributed by atoms with E-state index in [1.165, 1.54) is 23.5 Å². The van der Waals surface area contributed by atoms with Gasteiger partial charge in [-0.3, -0.25) is 0 Å². The molecule has 122 valence electrons. The number of hydrogen-bond acceptors (Lipinski definition) is 4. The average Bonchev–Trinajstić information content (AvgIpc) is 2.84. The van der Waals surface area contributed by atoms with E-state index in [1.54, 1.807) is 6.92 Å². The predicted octanol–water partition coefficient (Wildman–Crippen LogP) is 3.87. The molecule has 3 nitrogen and oxygen atoms in total. The van der Waals surface area contributed by atoms with Gasteiger partial charge in [0.2, 0.25) is 0 Å². The molecule has 23 heavy (non-hydrogen) atoms. The fraction of sp³-hybridized carbons (Fsp3) is 0.353. The van der Waals surface area contributed by atoms with Gasteiger partial charge >= 0.3 is 5.97 Å². The second-order valence-corrected chi connectivity index (χ2v) is 6.47. The zero-order valence-corrected chi connectivity index (χ0v) is 13.5. The average molecular weight is 338 g/mol. The molecule has 0 saturated carbocycles. The minimum absolute atomic E-state index is 0.286. The van der Waals surface area contributed by atoms with Gasteiger partial charge in [0.05, 0.1) is 25.4 Å². The highest BCUT2D eigenvalue weighted by Crippen LogP contribution is 2.34. The van der Waals surface area contributed by atoms with Crippen LogP contribution in [0.15, 0.2) is 18.2 Å². The summed E-state index contributed by atoms with van der Waals surface area (Å²) in [6, 6.07) is 3.41. The Balaban J connectivity index is 2.00. The number of esters is 1. The summed E-state index contributed by atoms with van der Waals surface area (Å²) >= 11 is 1.45. The number of rotatable bonds is 4. The quantitative estimate of drug-likeness (QED) is 0.794. The molecule has 2 heterocycles. The van der Waals surface area contributed by atoms with Crippen molar-refractivity contribution in [3.8, 4) is 0 Å². The second kappa shape index (κ2) is 6.76. The Morgan fingerprint density at radius 3 is 2.74 bits per heavy atom. The van der Waals surface area contributed by atoms with E-state index >= 15 is 0 Å². The number of benzene rings is 1. The first-order valence-corrected chi connectivity index (χ1v) is 8.23. The van der Waals surface area contributed by atoms with Crippen molar-refractivity contribution in [3.05, 3.63) is 56.3 Å². The van der Waals surface area contributed by atoms with E-state index in [9.17, 15) is 13.6 Å². The van der Waals surface area contributed by atoms with Crippen LogP contribution in [0.25, 0.3) is 0 Å². The number of ether oxygens (including phenoxy) is 2. The maximum atomic E-state index is 13.4. The third-order valence-corrected chi connectivity index (χ3v) is 4.87. The van der Waals surface area contributed by atoms with Gasteiger partial charge in [-0.2, -0.15) is 0 Å². The third-order valence-electron chi connectivity index (χ3n) is 3.66. The molecule has 0 N–H and O–H groups in total. The summed E-state index contributed by atoms with van der Waals surface area (Å²) in [6.45, 7) is 3.06. The monoisotopic (exact) mass is 338 g/mol. The van der Waals surface area contributed by atoms with Crippen molar-refractivity contribution < 1.29 is 23.0 Å². The standard InChI is InChI=1S/C17H16F2O3S/c1-2-22-17(20)16-13-3-4-21-9-15(13)23-14(16)7-10-5-11(18)8-12(19)6-10/h5-6,8H,2-4,7,9H2,1H3. The summed E-state index contributed by atoms with van der Waals surface area (Å²) in [6.07, 6.45) is 0.942. The van der Waals surface area contributed by atoms with Crippen LogP contribution < -0.4 is 0 Å². The summed E-state index contributed by atoms with van der Waals surface area (Å²) in [5.74, 6) is -1.62. The number of carbonyl (C=O) groups is 1. The molecule has 0 atom stereocenters. The number of thiophene rings is 1. The number of hydrogen-bond donors (Lipinski definition) is 0. The molecule has 0 fully saturated rings. The van der Waals surface area contributed by atoms with Crippen molar-refractivity contribution in [1.29, 1.82) is 0 Å². The lowest BCUT2D eigenvalue weighted by Crippen LogP contribution is -2.14. The molecule has 0 saturated heterocycles. The van der Waals surface area contributed by atoms with Crippen LogP contribution in [-0.4, -0.2) is 19.2 Å². The summed E-state index contributed by atoms with van der Waals surface area (Å²) in [5, 5.41) is 0. The van der Waals surface area contributed by atoms with Crippen LogP contribution in [0, 0.1) is 11.6 Å². The zero-order valence-electron chi connectivity index (χ0n) is 12.7. The molecule has 0 aliphatic carbocycles. The molecule has 1 aliphatic heterocycles. The molecule has 0 unspecified atom stereocenters. The van der Waals surface area contributed by atoms with Gasteiger partial charge in [0.1, 0.15) is 11.6 Å². The number of halogens is 2. The lowest BCUT2D eigenvalue weighted by molar-refractivity contribution is 0.0521. The normalized spacial score (nSPS) is 13.7. The lowest BCUT2D eigenvalue weighted by atomic mass is 10.0. The molecule has 3 rings (SSSR count). The Morgan fingerprint density at radius 1 is 1.30 bits per heavy atom. The molecule has 1 aromatic heterocycles.